The van der Waals surface area contributed by atoms with Crippen LogP contribution in [0.15, 0.2) is 54.9 Å². The molecule has 8 heteroatoms. The molecule has 3 aromatic rings. The van der Waals surface area contributed by atoms with Gasteiger partial charge in [0.2, 0.25) is 0 Å². The van der Waals surface area contributed by atoms with E-state index in [0.717, 1.165) is 54.3 Å². The third kappa shape index (κ3) is 7.50. The van der Waals surface area contributed by atoms with Crippen LogP contribution < -0.4 is 15.0 Å². The van der Waals surface area contributed by atoms with Gasteiger partial charge in [-0.1, -0.05) is 32.0 Å². The van der Waals surface area contributed by atoms with Gasteiger partial charge in [-0.15, -0.1) is 0 Å². The highest BCUT2D eigenvalue weighted by atomic mass is 16.5. The summed E-state index contributed by atoms with van der Waals surface area (Å²) in [5.74, 6) is -0.190. The van der Waals surface area contributed by atoms with E-state index in [4.69, 9.17) is 14.5 Å². The standard InChI is InChI=1S/C32H42N4O4/c1-22-27(29(30(37)38)40-31(2,3)4)28(36-17-14-32(5,6)15-18-36)25(21-34-22)26-13-12-23(20-35-26)33-16-19-39-24-10-8-7-9-11-24/h7-13,20-21,29,33H,14-19H2,1-6H3,(H,37,38)/t29-/m0/s1. The molecular weight excluding hydrogens is 504 g/mol. The number of para-hydroxylation sites is 1. The third-order valence-electron chi connectivity index (χ3n) is 7.16. The SMILES string of the molecule is Cc1ncc(-c2ccc(NCCOc3ccccc3)cn2)c(N2CCC(C)(C)CC2)c1[C@H](OC(C)(C)C)C(=O)O. The average Bonchev–Trinajstić information content (AvgIpc) is 2.90. The number of hydrogen-bond donors (Lipinski definition) is 2. The van der Waals surface area contributed by atoms with Crippen molar-refractivity contribution in [2.75, 3.05) is 36.5 Å². The minimum absolute atomic E-state index is 0.239. The number of carboxylic acids is 1. The normalized spacial score (nSPS) is 15.9. The summed E-state index contributed by atoms with van der Waals surface area (Å²) in [6.07, 6.45) is 4.47. The molecule has 1 aliphatic rings. The van der Waals surface area contributed by atoms with Gasteiger partial charge in [-0.3, -0.25) is 9.97 Å². The van der Waals surface area contributed by atoms with Crippen molar-refractivity contribution in [3.63, 3.8) is 0 Å². The number of aliphatic carboxylic acids is 1. The highest BCUT2D eigenvalue weighted by Gasteiger charge is 2.36. The number of aromatic nitrogens is 2. The first-order valence-corrected chi connectivity index (χ1v) is 14.0. The predicted octanol–water partition coefficient (Wildman–Crippen LogP) is 6.51. The van der Waals surface area contributed by atoms with Crippen LogP contribution in [0.4, 0.5) is 11.4 Å². The van der Waals surface area contributed by atoms with Crippen LogP contribution in [-0.4, -0.2) is 52.9 Å². The minimum atomic E-state index is -1.15. The molecule has 0 saturated carbocycles. The molecule has 0 radical (unpaired) electrons. The molecule has 0 aliphatic carbocycles. The van der Waals surface area contributed by atoms with Crippen molar-refractivity contribution in [1.29, 1.82) is 0 Å². The summed E-state index contributed by atoms with van der Waals surface area (Å²) in [7, 11) is 0. The second-order valence-electron chi connectivity index (χ2n) is 12.1. The lowest BCUT2D eigenvalue weighted by atomic mass is 9.82. The molecule has 1 atom stereocenters. The lowest BCUT2D eigenvalue weighted by Gasteiger charge is -2.40. The fourth-order valence-electron chi connectivity index (χ4n) is 4.91. The molecule has 1 saturated heterocycles. The molecule has 0 spiro atoms. The zero-order valence-corrected chi connectivity index (χ0v) is 24.5. The number of nitrogens with one attached hydrogen (secondary N) is 1. The molecule has 214 valence electrons. The Morgan fingerprint density at radius 1 is 1.07 bits per heavy atom. The molecule has 1 aliphatic heterocycles. The lowest BCUT2D eigenvalue weighted by Crippen LogP contribution is -2.39. The van der Waals surface area contributed by atoms with Gasteiger partial charge in [-0.2, -0.15) is 0 Å². The number of rotatable bonds is 10. The zero-order valence-electron chi connectivity index (χ0n) is 24.5. The number of pyridine rings is 2. The van der Waals surface area contributed by atoms with Crippen molar-refractivity contribution in [3.8, 4) is 17.0 Å². The lowest BCUT2D eigenvalue weighted by molar-refractivity contribution is -0.160. The number of carboxylic acid groups (broad SMARTS) is 1. The van der Waals surface area contributed by atoms with Gasteiger partial charge in [0, 0.05) is 42.7 Å². The van der Waals surface area contributed by atoms with Gasteiger partial charge in [0.25, 0.3) is 0 Å². The molecule has 0 amide bonds. The van der Waals surface area contributed by atoms with Crippen LogP contribution in [0.1, 0.15) is 64.8 Å². The summed E-state index contributed by atoms with van der Waals surface area (Å²) < 4.78 is 11.9. The summed E-state index contributed by atoms with van der Waals surface area (Å²) in [4.78, 5) is 24.3. The van der Waals surface area contributed by atoms with Crippen molar-refractivity contribution in [3.05, 3.63) is 66.1 Å². The number of hydrogen-bond acceptors (Lipinski definition) is 7. The maximum absolute atomic E-state index is 12.6. The maximum Gasteiger partial charge on any atom is 0.337 e. The molecular formula is C32H42N4O4. The Labute approximate surface area is 237 Å². The van der Waals surface area contributed by atoms with Crippen LogP contribution in [0.5, 0.6) is 5.75 Å². The van der Waals surface area contributed by atoms with Gasteiger partial charge >= 0.3 is 5.97 Å². The van der Waals surface area contributed by atoms with Crippen molar-refractivity contribution < 1.29 is 19.4 Å². The second-order valence-corrected chi connectivity index (χ2v) is 12.1. The van der Waals surface area contributed by atoms with E-state index < -0.39 is 17.7 Å². The molecule has 3 heterocycles. The van der Waals surface area contributed by atoms with Crippen molar-refractivity contribution in [2.24, 2.45) is 5.41 Å². The molecule has 4 rings (SSSR count). The van der Waals surface area contributed by atoms with Crippen LogP contribution in [-0.2, 0) is 9.53 Å². The van der Waals surface area contributed by atoms with Crippen LogP contribution in [0.25, 0.3) is 11.3 Å². The number of carbonyl (C=O) groups is 1. The fourth-order valence-corrected chi connectivity index (χ4v) is 4.91. The second kappa shape index (κ2) is 12.3. The molecule has 1 fully saturated rings. The number of anilines is 2. The Morgan fingerprint density at radius 2 is 1.77 bits per heavy atom. The smallest absolute Gasteiger partial charge is 0.337 e. The number of benzene rings is 1. The van der Waals surface area contributed by atoms with Crippen LogP contribution >= 0.6 is 0 Å². The Balaban J connectivity index is 1.63. The van der Waals surface area contributed by atoms with E-state index in [-0.39, 0.29) is 5.41 Å². The maximum atomic E-state index is 12.6. The Hall–Kier alpha value is -3.65. The molecule has 8 nitrogen and oxygen atoms in total. The van der Waals surface area contributed by atoms with E-state index in [9.17, 15) is 9.90 Å². The van der Waals surface area contributed by atoms with Crippen molar-refractivity contribution in [1.82, 2.24) is 9.97 Å². The van der Waals surface area contributed by atoms with E-state index >= 15 is 0 Å². The minimum Gasteiger partial charge on any atom is -0.492 e. The Kier molecular flexibility index (Phi) is 8.98. The van der Waals surface area contributed by atoms with E-state index in [1.54, 1.807) is 6.20 Å². The van der Waals surface area contributed by atoms with E-state index in [0.29, 0.717) is 24.4 Å². The highest BCUT2D eigenvalue weighted by molar-refractivity contribution is 5.85. The van der Waals surface area contributed by atoms with Gasteiger partial charge in [-0.05, 0) is 70.2 Å². The summed E-state index contributed by atoms with van der Waals surface area (Å²) in [5.41, 5.74) is 4.11. The first-order chi connectivity index (χ1) is 18.9. The van der Waals surface area contributed by atoms with E-state index in [1.807, 2.05) is 76.4 Å². The quantitative estimate of drug-likeness (QED) is 0.278. The van der Waals surface area contributed by atoms with Gasteiger partial charge in [-0.25, -0.2) is 4.79 Å². The average molecular weight is 547 g/mol. The predicted molar refractivity (Wildman–Crippen MR) is 159 cm³/mol. The first-order valence-electron chi connectivity index (χ1n) is 14.0. The number of ether oxygens (including phenoxy) is 2. The molecule has 0 bridgehead atoms. The number of aryl methyl sites for hydroxylation is 1. The van der Waals surface area contributed by atoms with Crippen LogP contribution in [0.3, 0.4) is 0 Å². The Bertz CT molecular complexity index is 1280. The monoisotopic (exact) mass is 546 g/mol. The van der Waals surface area contributed by atoms with Crippen LogP contribution in [0.2, 0.25) is 0 Å². The Morgan fingerprint density at radius 3 is 2.38 bits per heavy atom. The van der Waals surface area contributed by atoms with Crippen LogP contribution in [0, 0.1) is 12.3 Å². The molecule has 2 aromatic heterocycles. The van der Waals surface area contributed by atoms with E-state index in [1.165, 1.54) is 0 Å². The van der Waals surface area contributed by atoms with Gasteiger partial charge in [0.15, 0.2) is 6.10 Å². The topological polar surface area (TPSA) is 96.8 Å². The summed E-state index contributed by atoms with van der Waals surface area (Å²) in [5, 5.41) is 13.6. The summed E-state index contributed by atoms with van der Waals surface area (Å²) in [6, 6.07) is 13.7. The first kappa shape index (κ1) is 29.3. The number of nitrogens with zero attached hydrogens (tertiary/aromatic N) is 3. The summed E-state index contributed by atoms with van der Waals surface area (Å²) in [6.45, 7) is 14.8. The summed E-state index contributed by atoms with van der Waals surface area (Å²) >= 11 is 0. The van der Waals surface area contributed by atoms with Gasteiger partial charge in [0.1, 0.15) is 12.4 Å². The molecule has 0 unspecified atom stereocenters. The zero-order chi connectivity index (χ0) is 28.9. The highest BCUT2D eigenvalue weighted by Crippen LogP contribution is 2.43. The van der Waals surface area contributed by atoms with Gasteiger partial charge in [0.05, 0.1) is 28.9 Å². The van der Waals surface area contributed by atoms with E-state index in [2.05, 4.69) is 29.0 Å². The molecule has 2 N–H and O–H groups in total. The largest absolute Gasteiger partial charge is 0.492 e. The molecule has 1 aromatic carbocycles. The fraction of sp³-hybridized carbons (Fsp3) is 0.469. The third-order valence-corrected chi connectivity index (χ3v) is 7.16. The number of piperidine rings is 1. The van der Waals surface area contributed by atoms with Gasteiger partial charge < -0.3 is 24.8 Å². The van der Waals surface area contributed by atoms with Crippen molar-refractivity contribution >= 4 is 17.3 Å². The van der Waals surface area contributed by atoms with Crippen molar-refractivity contribution in [2.45, 2.75) is 66.1 Å². The molecule has 40 heavy (non-hydrogen) atoms.